The molecule has 2 rings (SSSR count). The monoisotopic (exact) mass is 364 g/mol. The zero-order valence-electron chi connectivity index (χ0n) is 14.4. The standard InChI is InChI=1S/C16H22N2O2.C2H2O4/c17-8-9-18-10-11-19-12-13-20-16-7-3-5-14-4-1-2-6-15(14)16;3-1(4)2(5)6/h1-7,18H,8-13,17H2;(H,3,4)(H,5,6). The van der Waals surface area contributed by atoms with Crippen molar-refractivity contribution in [1.29, 1.82) is 0 Å². The molecule has 0 radical (unpaired) electrons. The summed E-state index contributed by atoms with van der Waals surface area (Å²) in [6.45, 7) is 4.14. The van der Waals surface area contributed by atoms with E-state index in [2.05, 4.69) is 23.5 Å². The van der Waals surface area contributed by atoms with Gasteiger partial charge in [-0.15, -0.1) is 0 Å². The van der Waals surface area contributed by atoms with Crippen LogP contribution in [-0.2, 0) is 14.3 Å². The number of carboxylic acids is 2. The number of rotatable bonds is 9. The second kappa shape index (κ2) is 12.6. The quantitative estimate of drug-likeness (QED) is 0.382. The Labute approximate surface area is 151 Å². The predicted octanol–water partition coefficient (Wildman–Crippen LogP) is 0.939. The number of carbonyl (C=O) groups is 2. The molecule has 0 fully saturated rings. The molecular weight excluding hydrogens is 340 g/mol. The third kappa shape index (κ3) is 8.43. The van der Waals surface area contributed by atoms with Gasteiger partial charge in [-0.2, -0.15) is 0 Å². The van der Waals surface area contributed by atoms with E-state index in [0.717, 1.165) is 24.2 Å². The molecule has 0 aliphatic heterocycles. The fraction of sp³-hybridized carbons (Fsp3) is 0.333. The Hall–Kier alpha value is -2.68. The number of fused-ring (bicyclic) bond motifs is 1. The van der Waals surface area contributed by atoms with Crippen molar-refractivity contribution < 1.29 is 29.3 Å². The Balaban J connectivity index is 0.000000487. The van der Waals surface area contributed by atoms with Gasteiger partial charge in [0.1, 0.15) is 12.4 Å². The van der Waals surface area contributed by atoms with Gasteiger partial charge >= 0.3 is 11.9 Å². The maximum Gasteiger partial charge on any atom is 0.414 e. The predicted molar refractivity (Wildman–Crippen MR) is 97.5 cm³/mol. The highest BCUT2D eigenvalue weighted by Crippen LogP contribution is 2.24. The molecule has 5 N–H and O–H groups in total. The van der Waals surface area contributed by atoms with Crippen molar-refractivity contribution in [2.75, 3.05) is 39.5 Å². The lowest BCUT2D eigenvalue weighted by molar-refractivity contribution is -0.159. The number of carboxylic acid groups (broad SMARTS) is 2. The summed E-state index contributed by atoms with van der Waals surface area (Å²) in [5.74, 6) is -2.74. The van der Waals surface area contributed by atoms with Gasteiger partial charge in [-0.05, 0) is 11.5 Å². The van der Waals surface area contributed by atoms with Crippen LogP contribution < -0.4 is 15.8 Å². The summed E-state index contributed by atoms with van der Waals surface area (Å²) in [4.78, 5) is 18.2. The van der Waals surface area contributed by atoms with Crippen LogP contribution in [0.4, 0.5) is 0 Å². The summed E-state index contributed by atoms with van der Waals surface area (Å²) in [5, 5.41) is 20.3. The topological polar surface area (TPSA) is 131 Å². The Bertz CT molecular complexity index is 675. The number of ether oxygens (including phenoxy) is 2. The minimum absolute atomic E-state index is 0.560. The highest BCUT2D eigenvalue weighted by atomic mass is 16.5. The molecule has 0 amide bonds. The Morgan fingerprint density at radius 1 is 0.923 bits per heavy atom. The number of aliphatic carboxylic acids is 2. The van der Waals surface area contributed by atoms with Crippen LogP contribution in [-0.4, -0.2) is 61.6 Å². The molecule has 2 aromatic rings. The van der Waals surface area contributed by atoms with Crippen LogP contribution in [0.1, 0.15) is 0 Å². The number of hydrogen-bond acceptors (Lipinski definition) is 6. The molecule has 0 saturated carbocycles. The zero-order valence-corrected chi connectivity index (χ0v) is 14.4. The van der Waals surface area contributed by atoms with Gasteiger partial charge in [0.05, 0.1) is 13.2 Å². The Morgan fingerprint density at radius 3 is 2.31 bits per heavy atom. The smallest absolute Gasteiger partial charge is 0.414 e. The van der Waals surface area contributed by atoms with E-state index in [9.17, 15) is 0 Å². The van der Waals surface area contributed by atoms with E-state index < -0.39 is 11.9 Å². The zero-order chi connectivity index (χ0) is 19.2. The minimum atomic E-state index is -1.82. The van der Waals surface area contributed by atoms with Gasteiger partial charge in [-0.3, -0.25) is 0 Å². The van der Waals surface area contributed by atoms with E-state index in [-0.39, 0.29) is 0 Å². The maximum atomic E-state index is 9.10. The molecule has 8 nitrogen and oxygen atoms in total. The first-order valence-electron chi connectivity index (χ1n) is 8.11. The average Bonchev–Trinajstić information content (AvgIpc) is 2.64. The van der Waals surface area contributed by atoms with Crippen LogP contribution in [0.3, 0.4) is 0 Å². The Morgan fingerprint density at radius 2 is 1.62 bits per heavy atom. The molecule has 0 spiro atoms. The molecule has 0 aliphatic rings. The van der Waals surface area contributed by atoms with Crippen molar-refractivity contribution in [3.8, 4) is 5.75 Å². The van der Waals surface area contributed by atoms with E-state index in [1.54, 1.807) is 0 Å². The SMILES string of the molecule is NCCNCCOCCOc1cccc2ccccc12.O=C(O)C(=O)O. The molecule has 0 aliphatic carbocycles. The van der Waals surface area contributed by atoms with Gasteiger partial charge in [-0.1, -0.05) is 36.4 Å². The van der Waals surface area contributed by atoms with E-state index in [4.69, 9.17) is 35.0 Å². The van der Waals surface area contributed by atoms with Gasteiger partial charge in [0.2, 0.25) is 0 Å². The van der Waals surface area contributed by atoms with Crippen molar-refractivity contribution in [3.05, 3.63) is 42.5 Å². The van der Waals surface area contributed by atoms with E-state index in [1.807, 2.05) is 24.3 Å². The van der Waals surface area contributed by atoms with E-state index in [1.165, 1.54) is 5.39 Å². The van der Waals surface area contributed by atoms with Gasteiger partial charge in [-0.25, -0.2) is 9.59 Å². The molecule has 0 heterocycles. The number of hydrogen-bond donors (Lipinski definition) is 4. The van der Waals surface area contributed by atoms with Crippen molar-refractivity contribution in [2.24, 2.45) is 5.73 Å². The molecule has 0 unspecified atom stereocenters. The number of nitrogens with one attached hydrogen (secondary N) is 1. The molecule has 0 atom stereocenters. The lowest BCUT2D eigenvalue weighted by Gasteiger charge is -2.10. The van der Waals surface area contributed by atoms with Gasteiger partial charge in [0.15, 0.2) is 0 Å². The third-order valence-electron chi connectivity index (χ3n) is 3.16. The van der Waals surface area contributed by atoms with Crippen LogP contribution in [0.15, 0.2) is 42.5 Å². The third-order valence-corrected chi connectivity index (χ3v) is 3.16. The van der Waals surface area contributed by atoms with E-state index >= 15 is 0 Å². The molecule has 0 saturated heterocycles. The highest BCUT2D eigenvalue weighted by Gasteiger charge is 2.04. The molecule has 0 bridgehead atoms. The van der Waals surface area contributed by atoms with Crippen molar-refractivity contribution in [1.82, 2.24) is 5.32 Å². The van der Waals surface area contributed by atoms with Gasteiger partial charge < -0.3 is 30.7 Å². The van der Waals surface area contributed by atoms with Gasteiger partial charge in [0.25, 0.3) is 0 Å². The first kappa shape index (κ1) is 21.4. The summed E-state index contributed by atoms with van der Waals surface area (Å²) in [6.07, 6.45) is 0. The van der Waals surface area contributed by atoms with Crippen molar-refractivity contribution in [3.63, 3.8) is 0 Å². The van der Waals surface area contributed by atoms with Crippen LogP contribution >= 0.6 is 0 Å². The molecule has 2 aromatic carbocycles. The lowest BCUT2D eigenvalue weighted by atomic mass is 10.1. The van der Waals surface area contributed by atoms with Crippen LogP contribution in [0.25, 0.3) is 10.8 Å². The molecular formula is C18H24N2O6. The largest absolute Gasteiger partial charge is 0.491 e. The molecule has 142 valence electrons. The number of nitrogens with two attached hydrogens (primary N) is 1. The summed E-state index contributed by atoms with van der Waals surface area (Å²) < 4.78 is 11.3. The highest BCUT2D eigenvalue weighted by molar-refractivity contribution is 6.27. The summed E-state index contributed by atoms with van der Waals surface area (Å²) in [7, 11) is 0. The fourth-order valence-corrected chi connectivity index (χ4v) is 2.01. The second-order valence-corrected chi connectivity index (χ2v) is 5.09. The second-order valence-electron chi connectivity index (χ2n) is 5.09. The van der Waals surface area contributed by atoms with Crippen molar-refractivity contribution >= 4 is 22.7 Å². The minimum Gasteiger partial charge on any atom is -0.491 e. The molecule has 8 heteroatoms. The maximum absolute atomic E-state index is 9.10. The van der Waals surface area contributed by atoms with E-state index in [0.29, 0.717) is 26.4 Å². The number of benzene rings is 2. The van der Waals surface area contributed by atoms with Crippen molar-refractivity contribution in [2.45, 2.75) is 0 Å². The first-order valence-corrected chi connectivity index (χ1v) is 8.11. The molecule has 26 heavy (non-hydrogen) atoms. The summed E-state index contributed by atoms with van der Waals surface area (Å²) in [5.41, 5.74) is 5.38. The lowest BCUT2D eigenvalue weighted by Crippen LogP contribution is -2.26. The Kier molecular flexibility index (Phi) is 10.4. The molecule has 0 aromatic heterocycles. The van der Waals surface area contributed by atoms with Crippen LogP contribution in [0, 0.1) is 0 Å². The fourth-order valence-electron chi connectivity index (χ4n) is 2.01. The van der Waals surface area contributed by atoms with Gasteiger partial charge in [0, 0.05) is 25.0 Å². The summed E-state index contributed by atoms with van der Waals surface area (Å²) in [6, 6.07) is 14.3. The average molecular weight is 364 g/mol. The van der Waals surface area contributed by atoms with Crippen LogP contribution in [0.2, 0.25) is 0 Å². The van der Waals surface area contributed by atoms with Crippen LogP contribution in [0.5, 0.6) is 5.75 Å². The summed E-state index contributed by atoms with van der Waals surface area (Å²) >= 11 is 0. The normalized spacial score (nSPS) is 10.0. The first-order chi connectivity index (χ1) is 12.6.